The molecule has 0 atom stereocenters. The molecule has 0 aliphatic rings. The Hall–Kier alpha value is -3.21. The molecule has 0 aliphatic heterocycles. The Labute approximate surface area is 164 Å². The maximum atomic E-state index is 12.9. The highest BCUT2D eigenvalue weighted by molar-refractivity contribution is 6.18. The number of hydrogen-bond donors (Lipinski definition) is 1. The highest BCUT2D eigenvalue weighted by Gasteiger charge is 2.16. The normalized spacial score (nSPS) is 10.7. The van der Waals surface area contributed by atoms with Crippen LogP contribution in [0.15, 0.2) is 49.1 Å². The number of amides is 1. The van der Waals surface area contributed by atoms with Gasteiger partial charge in [-0.05, 0) is 70.8 Å². The number of unbranched alkanes of at least 4 members (excludes halogenated alkanes) is 1. The van der Waals surface area contributed by atoms with Crippen LogP contribution in [0.5, 0.6) is 17.2 Å². The van der Waals surface area contributed by atoms with E-state index in [4.69, 9.17) is 14.2 Å². The van der Waals surface area contributed by atoms with Gasteiger partial charge >= 0.3 is 0 Å². The van der Waals surface area contributed by atoms with Crippen LogP contribution in [0.2, 0.25) is 0 Å². The van der Waals surface area contributed by atoms with Crippen molar-refractivity contribution in [2.75, 3.05) is 27.9 Å². The van der Waals surface area contributed by atoms with Crippen LogP contribution in [0.25, 0.3) is 21.5 Å². The van der Waals surface area contributed by atoms with Gasteiger partial charge in [-0.25, -0.2) is 0 Å². The van der Waals surface area contributed by atoms with Gasteiger partial charge in [0.1, 0.15) is 5.75 Å². The van der Waals surface area contributed by atoms with Crippen LogP contribution < -0.4 is 19.5 Å². The van der Waals surface area contributed by atoms with Gasteiger partial charge in [0, 0.05) is 12.1 Å². The molecule has 0 saturated carbocycles. The van der Waals surface area contributed by atoms with E-state index in [2.05, 4.69) is 11.9 Å². The second-order valence-electron chi connectivity index (χ2n) is 6.45. The van der Waals surface area contributed by atoms with Crippen LogP contribution in [-0.2, 0) is 0 Å². The van der Waals surface area contributed by atoms with E-state index in [1.165, 1.54) is 0 Å². The first-order valence-corrected chi connectivity index (χ1v) is 9.18. The fourth-order valence-electron chi connectivity index (χ4n) is 3.32. The molecule has 0 aliphatic carbocycles. The quantitative estimate of drug-likeness (QED) is 0.350. The average molecular weight is 379 g/mol. The third-order valence-corrected chi connectivity index (χ3v) is 4.78. The van der Waals surface area contributed by atoms with Gasteiger partial charge < -0.3 is 19.5 Å². The van der Waals surface area contributed by atoms with Gasteiger partial charge in [0.05, 0.1) is 21.3 Å². The van der Waals surface area contributed by atoms with Gasteiger partial charge in [-0.3, -0.25) is 4.79 Å². The minimum Gasteiger partial charge on any atom is -0.497 e. The van der Waals surface area contributed by atoms with Gasteiger partial charge in [0.25, 0.3) is 5.91 Å². The molecule has 0 spiro atoms. The molecule has 146 valence electrons. The number of benzene rings is 3. The summed E-state index contributed by atoms with van der Waals surface area (Å²) in [4.78, 5) is 12.9. The summed E-state index contributed by atoms with van der Waals surface area (Å²) < 4.78 is 16.3. The Morgan fingerprint density at radius 2 is 1.71 bits per heavy atom. The number of methoxy groups -OCH3 is 3. The second-order valence-corrected chi connectivity index (χ2v) is 6.45. The van der Waals surface area contributed by atoms with Crippen LogP contribution in [0, 0.1) is 0 Å². The van der Waals surface area contributed by atoms with E-state index in [0.717, 1.165) is 40.1 Å². The zero-order chi connectivity index (χ0) is 20.1. The minimum atomic E-state index is -0.101. The predicted molar refractivity (Wildman–Crippen MR) is 113 cm³/mol. The fraction of sp³-hybridized carbons (Fsp3) is 0.261. The van der Waals surface area contributed by atoms with Crippen molar-refractivity contribution in [1.82, 2.24) is 5.32 Å². The molecule has 0 heterocycles. The van der Waals surface area contributed by atoms with Crippen molar-refractivity contribution < 1.29 is 19.0 Å². The summed E-state index contributed by atoms with van der Waals surface area (Å²) in [7, 11) is 4.83. The number of allylic oxidation sites excluding steroid dienone is 1. The fourth-order valence-corrected chi connectivity index (χ4v) is 3.32. The molecule has 0 fully saturated rings. The maximum Gasteiger partial charge on any atom is 0.251 e. The van der Waals surface area contributed by atoms with Gasteiger partial charge in [-0.15, -0.1) is 6.58 Å². The molecule has 0 bridgehead atoms. The second kappa shape index (κ2) is 8.65. The SMILES string of the molecule is C=CCCCNC(=O)c1cc2cc(OC)c(OC)cc2c2cc(OC)ccc12. The van der Waals surface area contributed by atoms with Crippen LogP contribution in [-0.4, -0.2) is 33.8 Å². The summed E-state index contributed by atoms with van der Waals surface area (Å²) in [5.41, 5.74) is 0.621. The number of hydrogen-bond acceptors (Lipinski definition) is 4. The largest absolute Gasteiger partial charge is 0.497 e. The number of fused-ring (bicyclic) bond motifs is 3. The first kappa shape index (κ1) is 19.5. The van der Waals surface area contributed by atoms with Crippen molar-refractivity contribution in [3.05, 3.63) is 54.6 Å². The third-order valence-electron chi connectivity index (χ3n) is 4.78. The van der Waals surface area contributed by atoms with Crippen LogP contribution in [0.4, 0.5) is 0 Å². The molecule has 28 heavy (non-hydrogen) atoms. The van der Waals surface area contributed by atoms with E-state index in [1.807, 2.05) is 42.5 Å². The molecular weight excluding hydrogens is 354 g/mol. The monoisotopic (exact) mass is 379 g/mol. The first-order chi connectivity index (χ1) is 13.6. The standard InChI is InChI=1S/C23H25NO4/c1-5-6-7-10-24-23(25)20-11-15-12-21(27-3)22(28-4)14-18(15)19-13-16(26-2)8-9-17(19)20/h5,8-9,11-14H,1,6-7,10H2,2-4H3,(H,24,25). The van der Waals surface area contributed by atoms with Gasteiger partial charge in [0.15, 0.2) is 11.5 Å². The van der Waals surface area contributed by atoms with E-state index >= 15 is 0 Å². The Kier molecular flexibility index (Phi) is 6.04. The molecule has 0 aromatic heterocycles. The van der Waals surface area contributed by atoms with Crippen LogP contribution in [0.3, 0.4) is 0 Å². The number of carbonyl (C=O) groups is 1. The molecule has 0 saturated heterocycles. The van der Waals surface area contributed by atoms with Crippen molar-refractivity contribution in [1.29, 1.82) is 0 Å². The topological polar surface area (TPSA) is 56.8 Å². The van der Waals surface area contributed by atoms with E-state index in [1.54, 1.807) is 21.3 Å². The van der Waals surface area contributed by atoms with Gasteiger partial charge in [0.2, 0.25) is 0 Å². The zero-order valence-electron chi connectivity index (χ0n) is 16.5. The van der Waals surface area contributed by atoms with Crippen LogP contribution >= 0.6 is 0 Å². The Bertz CT molecular complexity index is 1030. The molecule has 5 heteroatoms. The predicted octanol–water partition coefficient (Wildman–Crippen LogP) is 4.71. The third kappa shape index (κ3) is 3.74. The lowest BCUT2D eigenvalue weighted by atomic mass is 9.96. The summed E-state index contributed by atoms with van der Waals surface area (Å²) in [6.07, 6.45) is 3.58. The van der Waals surface area contributed by atoms with Crippen molar-refractivity contribution in [2.24, 2.45) is 0 Å². The lowest BCUT2D eigenvalue weighted by Gasteiger charge is -2.15. The number of carbonyl (C=O) groups excluding carboxylic acids is 1. The molecule has 1 N–H and O–H groups in total. The molecule has 5 nitrogen and oxygen atoms in total. The van der Waals surface area contributed by atoms with E-state index in [-0.39, 0.29) is 5.91 Å². The van der Waals surface area contributed by atoms with E-state index < -0.39 is 0 Å². The highest BCUT2D eigenvalue weighted by atomic mass is 16.5. The number of nitrogens with one attached hydrogen (secondary N) is 1. The molecule has 3 rings (SSSR count). The molecule has 0 radical (unpaired) electrons. The highest BCUT2D eigenvalue weighted by Crippen LogP contribution is 2.38. The van der Waals surface area contributed by atoms with Gasteiger partial charge in [-0.1, -0.05) is 6.08 Å². The Morgan fingerprint density at radius 1 is 0.964 bits per heavy atom. The number of ether oxygens (including phenoxy) is 3. The molecular formula is C23H25NO4. The smallest absolute Gasteiger partial charge is 0.251 e. The van der Waals surface area contributed by atoms with Crippen molar-refractivity contribution >= 4 is 27.5 Å². The average Bonchev–Trinajstić information content (AvgIpc) is 2.74. The van der Waals surface area contributed by atoms with Crippen LogP contribution in [0.1, 0.15) is 23.2 Å². The first-order valence-electron chi connectivity index (χ1n) is 9.18. The summed E-state index contributed by atoms with van der Waals surface area (Å²) >= 11 is 0. The molecule has 0 unspecified atom stereocenters. The zero-order valence-corrected chi connectivity index (χ0v) is 16.5. The van der Waals surface area contributed by atoms with Gasteiger partial charge in [-0.2, -0.15) is 0 Å². The van der Waals surface area contributed by atoms with E-state index in [0.29, 0.717) is 23.6 Å². The minimum absolute atomic E-state index is 0.101. The summed E-state index contributed by atoms with van der Waals surface area (Å²) in [5, 5.41) is 6.65. The Morgan fingerprint density at radius 3 is 2.39 bits per heavy atom. The lowest BCUT2D eigenvalue weighted by Crippen LogP contribution is -2.24. The lowest BCUT2D eigenvalue weighted by molar-refractivity contribution is 0.0955. The van der Waals surface area contributed by atoms with Crippen molar-refractivity contribution in [2.45, 2.75) is 12.8 Å². The van der Waals surface area contributed by atoms with E-state index in [9.17, 15) is 4.79 Å². The molecule has 3 aromatic carbocycles. The van der Waals surface area contributed by atoms with Crippen molar-refractivity contribution in [3.8, 4) is 17.2 Å². The van der Waals surface area contributed by atoms with Crippen molar-refractivity contribution in [3.63, 3.8) is 0 Å². The number of rotatable bonds is 8. The molecule has 3 aromatic rings. The summed E-state index contributed by atoms with van der Waals surface area (Å²) in [5.74, 6) is 1.89. The maximum absolute atomic E-state index is 12.9. The summed E-state index contributed by atoms with van der Waals surface area (Å²) in [6.45, 7) is 4.31. The summed E-state index contributed by atoms with van der Waals surface area (Å²) in [6, 6.07) is 11.4. The Balaban J connectivity index is 2.19. The molecule has 1 amide bonds.